The monoisotopic (exact) mass is 270 g/mol. The van der Waals surface area contributed by atoms with Crippen LogP contribution in [0.15, 0.2) is 12.1 Å². The van der Waals surface area contributed by atoms with Crippen LogP contribution in [0.1, 0.15) is 24.4 Å². The Labute approximate surface area is 110 Å². The quantitative estimate of drug-likeness (QED) is 0.849. The topological polar surface area (TPSA) is 15.3 Å². The summed E-state index contributed by atoms with van der Waals surface area (Å²) < 4.78 is 41.4. The van der Waals surface area contributed by atoms with Crippen molar-refractivity contribution in [3.05, 3.63) is 35.1 Å². The van der Waals surface area contributed by atoms with Gasteiger partial charge in [-0.2, -0.15) is 0 Å². The van der Waals surface area contributed by atoms with E-state index in [0.29, 0.717) is 0 Å². The summed E-state index contributed by atoms with van der Waals surface area (Å²) in [6.45, 7) is 3.11. The van der Waals surface area contributed by atoms with Crippen molar-refractivity contribution in [1.29, 1.82) is 0 Å². The molecule has 0 bridgehead atoms. The summed E-state index contributed by atoms with van der Waals surface area (Å²) in [5.41, 5.74) is -0.0793. The summed E-state index contributed by atoms with van der Waals surface area (Å²) in [5.74, 6) is -2.36. The SMILES string of the molecule is Fc1ccc(F)c([C@H](C2CC2)N2CCNCC2)c1F. The van der Waals surface area contributed by atoms with Crippen LogP contribution in [0.2, 0.25) is 0 Å². The minimum atomic E-state index is -1.02. The molecule has 2 nitrogen and oxygen atoms in total. The second-order valence-corrected chi connectivity index (χ2v) is 5.33. The second kappa shape index (κ2) is 5.13. The zero-order chi connectivity index (χ0) is 13.4. The normalized spacial score (nSPS) is 22.5. The lowest BCUT2D eigenvalue weighted by atomic mass is 9.98. The Hall–Kier alpha value is -1.07. The summed E-state index contributed by atoms with van der Waals surface area (Å²) >= 11 is 0. The lowest BCUT2D eigenvalue weighted by Crippen LogP contribution is -2.46. The highest BCUT2D eigenvalue weighted by Gasteiger charge is 2.40. The maximum atomic E-state index is 14.0. The number of nitrogens with zero attached hydrogens (tertiary/aromatic N) is 1. The number of benzene rings is 1. The fourth-order valence-electron chi connectivity index (χ4n) is 2.90. The van der Waals surface area contributed by atoms with Crippen molar-refractivity contribution in [2.24, 2.45) is 5.92 Å². The number of halogens is 3. The standard InChI is InChI=1S/C14H17F3N2/c15-10-3-4-11(16)13(17)12(10)14(9-1-2-9)19-7-5-18-6-8-19/h3-4,9,14,18H,1-2,5-8H2/t14-/m0/s1. The Morgan fingerprint density at radius 3 is 2.32 bits per heavy atom. The van der Waals surface area contributed by atoms with Crippen LogP contribution in [-0.4, -0.2) is 31.1 Å². The first-order chi connectivity index (χ1) is 9.18. The summed E-state index contributed by atoms with van der Waals surface area (Å²) in [4.78, 5) is 2.08. The van der Waals surface area contributed by atoms with Crippen LogP contribution >= 0.6 is 0 Å². The van der Waals surface area contributed by atoms with Gasteiger partial charge in [-0.1, -0.05) is 0 Å². The van der Waals surface area contributed by atoms with Gasteiger partial charge in [-0.3, -0.25) is 4.90 Å². The Kier molecular flexibility index (Phi) is 3.50. The number of rotatable bonds is 3. The fraction of sp³-hybridized carbons (Fsp3) is 0.571. The van der Waals surface area contributed by atoms with E-state index in [1.807, 2.05) is 0 Å². The molecule has 5 heteroatoms. The molecular formula is C14H17F3N2. The van der Waals surface area contributed by atoms with Gasteiger partial charge in [0.15, 0.2) is 11.6 Å². The molecule has 0 spiro atoms. The minimum absolute atomic E-state index is 0.0793. The highest BCUT2D eigenvalue weighted by atomic mass is 19.2. The van der Waals surface area contributed by atoms with Crippen LogP contribution in [0, 0.1) is 23.4 Å². The third-order valence-electron chi connectivity index (χ3n) is 3.99. The van der Waals surface area contributed by atoms with E-state index in [1.54, 1.807) is 0 Å². The van der Waals surface area contributed by atoms with Crippen LogP contribution in [0.25, 0.3) is 0 Å². The highest BCUT2D eigenvalue weighted by molar-refractivity contribution is 5.26. The van der Waals surface area contributed by atoms with Crippen molar-refractivity contribution in [1.82, 2.24) is 10.2 Å². The van der Waals surface area contributed by atoms with Crippen molar-refractivity contribution < 1.29 is 13.2 Å². The zero-order valence-electron chi connectivity index (χ0n) is 10.6. The van der Waals surface area contributed by atoms with Gasteiger partial charge in [0.2, 0.25) is 0 Å². The fourth-order valence-corrected chi connectivity index (χ4v) is 2.90. The molecule has 2 aliphatic rings. The molecule has 1 saturated carbocycles. The van der Waals surface area contributed by atoms with Gasteiger partial charge in [0, 0.05) is 37.8 Å². The zero-order valence-corrected chi connectivity index (χ0v) is 10.6. The summed E-state index contributed by atoms with van der Waals surface area (Å²) in [6.07, 6.45) is 1.92. The molecule has 19 heavy (non-hydrogen) atoms. The smallest absolute Gasteiger partial charge is 0.166 e. The Bertz CT molecular complexity index is 468. The van der Waals surface area contributed by atoms with Gasteiger partial charge < -0.3 is 5.32 Å². The first-order valence-corrected chi connectivity index (χ1v) is 6.76. The van der Waals surface area contributed by atoms with Gasteiger partial charge in [-0.15, -0.1) is 0 Å². The molecule has 0 radical (unpaired) electrons. The molecule has 1 heterocycles. The molecule has 3 rings (SSSR count). The van der Waals surface area contributed by atoms with Crippen LogP contribution < -0.4 is 5.32 Å². The van der Waals surface area contributed by atoms with E-state index in [0.717, 1.165) is 51.2 Å². The van der Waals surface area contributed by atoms with E-state index in [-0.39, 0.29) is 17.5 Å². The first kappa shape index (κ1) is 12.9. The van der Waals surface area contributed by atoms with E-state index in [4.69, 9.17) is 0 Å². The lowest BCUT2D eigenvalue weighted by Gasteiger charge is -2.35. The van der Waals surface area contributed by atoms with Gasteiger partial charge in [0.05, 0.1) is 0 Å². The lowest BCUT2D eigenvalue weighted by molar-refractivity contribution is 0.148. The largest absolute Gasteiger partial charge is 0.314 e. The predicted molar refractivity (Wildman–Crippen MR) is 66.2 cm³/mol. The average Bonchev–Trinajstić information content (AvgIpc) is 3.24. The molecule has 1 aliphatic carbocycles. The van der Waals surface area contributed by atoms with Crippen molar-refractivity contribution in [3.8, 4) is 0 Å². The van der Waals surface area contributed by atoms with Crippen LogP contribution in [0.3, 0.4) is 0 Å². The summed E-state index contributed by atoms with van der Waals surface area (Å²) in [7, 11) is 0. The van der Waals surface area contributed by atoms with Crippen LogP contribution in [0.5, 0.6) is 0 Å². The molecular weight excluding hydrogens is 253 g/mol. The maximum absolute atomic E-state index is 14.0. The molecule has 2 fully saturated rings. The number of piperazine rings is 1. The first-order valence-electron chi connectivity index (χ1n) is 6.76. The van der Waals surface area contributed by atoms with Crippen LogP contribution in [0.4, 0.5) is 13.2 Å². The molecule has 1 atom stereocenters. The predicted octanol–water partition coefficient (Wildman–Crippen LogP) is 2.46. The molecule has 1 aliphatic heterocycles. The summed E-state index contributed by atoms with van der Waals surface area (Å²) in [5, 5.41) is 3.22. The second-order valence-electron chi connectivity index (χ2n) is 5.33. The molecule has 1 N–H and O–H groups in total. The van der Waals surface area contributed by atoms with Gasteiger partial charge >= 0.3 is 0 Å². The van der Waals surface area contributed by atoms with Gasteiger partial charge in [0.1, 0.15) is 5.82 Å². The van der Waals surface area contributed by atoms with Gasteiger partial charge in [0.25, 0.3) is 0 Å². The Balaban J connectivity index is 1.97. The molecule has 1 saturated heterocycles. The van der Waals surface area contributed by atoms with E-state index in [1.165, 1.54) is 0 Å². The third-order valence-corrected chi connectivity index (χ3v) is 3.99. The van der Waals surface area contributed by atoms with E-state index >= 15 is 0 Å². The molecule has 0 amide bonds. The molecule has 1 aromatic rings. The average molecular weight is 270 g/mol. The molecule has 0 unspecified atom stereocenters. The van der Waals surface area contributed by atoms with E-state index in [9.17, 15) is 13.2 Å². The molecule has 1 aromatic carbocycles. The molecule has 104 valence electrons. The summed E-state index contributed by atoms with van der Waals surface area (Å²) in [6, 6.07) is 1.57. The van der Waals surface area contributed by atoms with Crippen molar-refractivity contribution >= 4 is 0 Å². The number of hydrogen-bond donors (Lipinski definition) is 1. The van der Waals surface area contributed by atoms with Crippen molar-refractivity contribution in [2.45, 2.75) is 18.9 Å². The highest BCUT2D eigenvalue weighted by Crippen LogP contribution is 2.46. The van der Waals surface area contributed by atoms with Crippen molar-refractivity contribution in [2.75, 3.05) is 26.2 Å². The Morgan fingerprint density at radius 2 is 1.68 bits per heavy atom. The van der Waals surface area contributed by atoms with Gasteiger partial charge in [-0.25, -0.2) is 13.2 Å². The molecule has 0 aromatic heterocycles. The Morgan fingerprint density at radius 1 is 1.05 bits per heavy atom. The van der Waals surface area contributed by atoms with E-state index in [2.05, 4.69) is 10.2 Å². The van der Waals surface area contributed by atoms with Crippen molar-refractivity contribution in [3.63, 3.8) is 0 Å². The maximum Gasteiger partial charge on any atom is 0.166 e. The minimum Gasteiger partial charge on any atom is -0.314 e. The van der Waals surface area contributed by atoms with Gasteiger partial charge in [-0.05, 0) is 30.9 Å². The number of hydrogen-bond acceptors (Lipinski definition) is 2. The third kappa shape index (κ3) is 2.49. The van der Waals surface area contributed by atoms with E-state index < -0.39 is 17.5 Å². The number of nitrogens with one attached hydrogen (secondary N) is 1. The van der Waals surface area contributed by atoms with Crippen LogP contribution in [-0.2, 0) is 0 Å².